The molecule has 1 N–H and O–H groups in total. The number of sulfonamides is 1. The number of carbonyl (C=O) groups is 1. The Labute approximate surface area is 85.7 Å². The van der Waals surface area contributed by atoms with Gasteiger partial charge in [-0.25, -0.2) is 8.42 Å². The van der Waals surface area contributed by atoms with Gasteiger partial charge in [0.15, 0.2) is 0 Å². The van der Waals surface area contributed by atoms with Gasteiger partial charge in [-0.2, -0.15) is 13.1 Å². The molecule has 0 spiro atoms. The molecular weight excluding hydrogens is 232 g/mol. The Kier molecular flexibility index (Phi) is 3.61. The highest BCUT2D eigenvalue weighted by Gasteiger charge is 2.41. The molecule has 0 saturated heterocycles. The molecular formula is C7H11F2NO4S. The second kappa shape index (κ2) is 4.40. The molecule has 1 rings (SSSR count). The van der Waals surface area contributed by atoms with Gasteiger partial charge in [-0.1, -0.05) is 0 Å². The minimum absolute atomic E-state index is 0.382. The van der Waals surface area contributed by atoms with Gasteiger partial charge in [0.25, 0.3) is 10.0 Å². The van der Waals surface area contributed by atoms with Gasteiger partial charge in [-0.3, -0.25) is 4.79 Å². The molecule has 0 aromatic carbocycles. The van der Waals surface area contributed by atoms with Crippen LogP contribution in [-0.4, -0.2) is 42.1 Å². The van der Waals surface area contributed by atoms with Crippen molar-refractivity contribution in [3.8, 4) is 0 Å². The van der Waals surface area contributed by atoms with Gasteiger partial charge >= 0.3 is 11.7 Å². The first-order chi connectivity index (χ1) is 6.85. The minimum Gasteiger partial charge on any atom is -0.481 e. The highest BCUT2D eigenvalue weighted by Crippen LogP contribution is 2.31. The van der Waals surface area contributed by atoms with Crippen molar-refractivity contribution in [3.63, 3.8) is 0 Å². The van der Waals surface area contributed by atoms with Crippen LogP contribution in [0.1, 0.15) is 19.3 Å². The third-order valence-corrected chi connectivity index (χ3v) is 3.64. The normalized spacial score (nSPS) is 17.3. The van der Waals surface area contributed by atoms with Crippen molar-refractivity contribution >= 4 is 16.0 Å². The lowest BCUT2D eigenvalue weighted by Gasteiger charge is -2.19. The predicted molar refractivity (Wildman–Crippen MR) is 46.9 cm³/mol. The van der Waals surface area contributed by atoms with Crippen molar-refractivity contribution in [2.75, 3.05) is 6.54 Å². The lowest BCUT2D eigenvalue weighted by atomic mass is 10.4. The van der Waals surface area contributed by atoms with Crippen LogP contribution in [0, 0.1) is 0 Å². The maximum atomic E-state index is 12.2. The zero-order valence-electron chi connectivity index (χ0n) is 7.77. The van der Waals surface area contributed by atoms with Crippen LogP contribution in [0.15, 0.2) is 0 Å². The summed E-state index contributed by atoms with van der Waals surface area (Å²) in [5.41, 5.74) is 0. The number of rotatable bonds is 6. The molecule has 15 heavy (non-hydrogen) atoms. The number of carboxylic acids is 1. The zero-order valence-corrected chi connectivity index (χ0v) is 8.58. The number of hydrogen-bond donors (Lipinski definition) is 1. The standard InChI is InChI=1S/C7H11F2NO4S/c8-7(9)15(13,14)10(5-1-2-5)4-3-6(11)12/h5,7H,1-4H2,(H,11,12). The first-order valence-corrected chi connectivity index (χ1v) is 5.86. The molecule has 1 aliphatic carbocycles. The molecule has 1 aliphatic rings. The van der Waals surface area contributed by atoms with Gasteiger partial charge in [0.2, 0.25) is 0 Å². The fourth-order valence-electron chi connectivity index (χ4n) is 1.19. The predicted octanol–water partition coefficient (Wildman–Crippen LogP) is 0.478. The van der Waals surface area contributed by atoms with E-state index in [1.165, 1.54) is 0 Å². The SMILES string of the molecule is O=C(O)CCN(C1CC1)S(=O)(=O)C(F)F. The van der Waals surface area contributed by atoms with E-state index in [2.05, 4.69) is 0 Å². The second-order valence-corrected chi connectivity index (χ2v) is 5.15. The molecule has 0 aliphatic heterocycles. The van der Waals surface area contributed by atoms with Crippen LogP contribution in [-0.2, 0) is 14.8 Å². The van der Waals surface area contributed by atoms with Crippen molar-refractivity contribution in [2.45, 2.75) is 31.1 Å². The van der Waals surface area contributed by atoms with E-state index < -0.39 is 34.2 Å². The first-order valence-electron chi connectivity index (χ1n) is 4.36. The third-order valence-electron chi connectivity index (χ3n) is 2.05. The van der Waals surface area contributed by atoms with Crippen LogP contribution >= 0.6 is 0 Å². The van der Waals surface area contributed by atoms with Gasteiger partial charge in [-0.15, -0.1) is 0 Å². The molecule has 0 bridgehead atoms. The maximum absolute atomic E-state index is 12.2. The molecule has 8 heteroatoms. The van der Waals surface area contributed by atoms with Crippen LogP contribution in [0.4, 0.5) is 8.78 Å². The molecule has 88 valence electrons. The van der Waals surface area contributed by atoms with Gasteiger partial charge in [0.1, 0.15) is 0 Å². The first kappa shape index (κ1) is 12.3. The zero-order chi connectivity index (χ0) is 11.6. The highest BCUT2D eigenvalue weighted by molar-refractivity contribution is 7.89. The molecule has 1 fully saturated rings. The highest BCUT2D eigenvalue weighted by atomic mass is 32.2. The van der Waals surface area contributed by atoms with Crippen molar-refractivity contribution in [3.05, 3.63) is 0 Å². The molecule has 0 amide bonds. The smallest absolute Gasteiger partial charge is 0.350 e. The Hall–Kier alpha value is -0.760. The Balaban J connectivity index is 2.69. The van der Waals surface area contributed by atoms with Crippen molar-refractivity contribution in [1.29, 1.82) is 0 Å². The molecule has 0 unspecified atom stereocenters. The third kappa shape index (κ3) is 3.10. The average molecular weight is 243 g/mol. The van der Waals surface area contributed by atoms with E-state index in [1.54, 1.807) is 0 Å². The van der Waals surface area contributed by atoms with E-state index in [4.69, 9.17) is 5.11 Å². The van der Waals surface area contributed by atoms with Gasteiger partial charge in [0.05, 0.1) is 6.42 Å². The summed E-state index contributed by atoms with van der Waals surface area (Å²) in [5.74, 6) is -4.68. The lowest BCUT2D eigenvalue weighted by Crippen LogP contribution is -2.38. The number of carboxylic acid groups (broad SMARTS) is 1. The van der Waals surface area contributed by atoms with Crippen LogP contribution < -0.4 is 0 Å². The Morgan fingerprint density at radius 1 is 1.47 bits per heavy atom. The molecule has 5 nitrogen and oxygen atoms in total. The number of aliphatic carboxylic acids is 1. The average Bonchev–Trinajstić information content (AvgIpc) is 2.87. The van der Waals surface area contributed by atoms with Crippen molar-refractivity contribution < 1.29 is 27.1 Å². The summed E-state index contributed by atoms with van der Waals surface area (Å²) in [4.78, 5) is 10.2. The summed E-state index contributed by atoms with van der Waals surface area (Å²) in [6.45, 7) is -0.382. The maximum Gasteiger partial charge on any atom is 0.350 e. The summed E-state index contributed by atoms with van der Waals surface area (Å²) in [6.07, 6.45) is 0.583. The van der Waals surface area contributed by atoms with E-state index in [-0.39, 0.29) is 6.54 Å². The van der Waals surface area contributed by atoms with Crippen LogP contribution in [0.3, 0.4) is 0 Å². The summed E-state index contributed by atoms with van der Waals surface area (Å²) < 4.78 is 47.2. The summed E-state index contributed by atoms with van der Waals surface area (Å²) >= 11 is 0. The topological polar surface area (TPSA) is 74.7 Å². The number of alkyl halides is 2. The molecule has 0 atom stereocenters. The molecule has 0 heterocycles. The second-order valence-electron chi connectivity index (χ2n) is 3.29. The van der Waals surface area contributed by atoms with Gasteiger partial charge < -0.3 is 5.11 Å². The monoisotopic (exact) mass is 243 g/mol. The van der Waals surface area contributed by atoms with E-state index in [1.807, 2.05) is 0 Å². The van der Waals surface area contributed by atoms with Gasteiger partial charge in [0, 0.05) is 12.6 Å². The Morgan fingerprint density at radius 3 is 2.33 bits per heavy atom. The quantitative estimate of drug-likeness (QED) is 0.736. The fourth-order valence-corrected chi connectivity index (χ4v) is 2.37. The van der Waals surface area contributed by atoms with E-state index >= 15 is 0 Å². The molecule has 0 aromatic heterocycles. The minimum atomic E-state index is -4.63. The summed E-state index contributed by atoms with van der Waals surface area (Å²) in [5, 5.41) is 8.36. The van der Waals surface area contributed by atoms with Gasteiger partial charge in [-0.05, 0) is 12.8 Å². The van der Waals surface area contributed by atoms with E-state index in [0.29, 0.717) is 17.1 Å². The van der Waals surface area contributed by atoms with Crippen molar-refractivity contribution in [1.82, 2.24) is 4.31 Å². The Morgan fingerprint density at radius 2 is 2.00 bits per heavy atom. The van der Waals surface area contributed by atoms with Crippen LogP contribution in [0.25, 0.3) is 0 Å². The molecule has 0 radical (unpaired) electrons. The number of nitrogens with zero attached hydrogens (tertiary/aromatic N) is 1. The van der Waals surface area contributed by atoms with Crippen molar-refractivity contribution in [2.24, 2.45) is 0 Å². The van der Waals surface area contributed by atoms with Crippen LogP contribution in [0.2, 0.25) is 0 Å². The number of hydrogen-bond acceptors (Lipinski definition) is 3. The summed E-state index contributed by atoms with van der Waals surface area (Å²) in [7, 11) is -4.63. The Bertz CT molecular complexity index is 339. The largest absolute Gasteiger partial charge is 0.481 e. The fraction of sp³-hybridized carbons (Fsp3) is 0.857. The van der Waals surface area contributed by atoms with Crippen LogP contribution in [0.5, 0.6) is 0 Å². The van der Waals surface area contributed by atoms with E-state index in [0.717, 1.165) is 0 Å². The van der Waals surface area contributed by atoms with E-state index in [9.17, 15) is 22.0 Å². The molecule has 1 saturated carbocycles. The lowest BCUT2D eigenvalue weighted by molar-refractivity contribution is -0.137. The number of halogens is 2. The summed E-state index contributed by atoms with van der Waals surface area (Å²) in [6, 6.07) is -0.441. The molecule has 0 aromatic rings.